The molecule has 0 bridgehead atoms. The second kappa shape index (κ2) is 5.92. The van der Waals surface area contributed by atoms with E-state index in [1.54, 1.807) is 12.0 Å². The van der Waals surface area contributed by atoms with Gasteiger partial charge in [-0.25, -0.2) is 0 Å². The highest BCUT2D eigenvalue weighted by atomic mass is 16.7. The molecule has 1 aromatic rings. The molecule has 0 saturated heterocycles. The maximum atomic E-state index is 5.51. The summed E-state index contributed by atoms with van der Waals surface area (Å²) in [5.74, 6) is 3.31. The third-order valence-electron chi connectivity index (χ3n) is 4.05. The van der Waals surface area contributed by atoms with Gasteiger partial charge in [0.15, 0.2) is 11.5 Å². The number of hydrogen-bond donors (Lipinski definition) is 1. The fraction of sp³-hybridized carbons (Fsp3) is 0.625. The summed E-state index contributed by atoms with van der Waals surface area (Å²) in [7, 11) is 1.68. The Hall–Kier alpha value is -1.42. The van der Waals surface area contributed by atoms with E-state index in [0.29, 0.717) is 6.79 Å². The van der Waals surface area contributed by atoms with E-state index >= 15 is 0 Å². The molecule has 0 aromatic heterocycles. The number of nitrogens with one attached hydrogen (secondary N) is 1. The predicted octanol–water partition coefficient (Wildman–Crippen LogP) is 1.63. The van der Waals surface area contributed by atoms with Gasteiger partial charge in [-0.05, 0) is 31.4 Å². The lowest BCUT2D eigenvalue weighted by Gasteiger charge is -2.19. The van der Waals surface area contributed by atoms with Crippen LogP contribution >= 0.6 is 0 Å². The topological polar surface area (TPSA) is 32.1 Å². The molecular weight excluding hydrogens is 254 g/mol. The maximum absolute atomic E-state index is 5.51. The highest BCUT2D eigenvalue weighted by Crippen LogP contribution is 2.41. The van der Waals surface area contributed by atoms with E-state index in [9.17, 15) is 0 Å². The van der Waals surface area contributed by atoms with Crippen LogP contribution in [0.4, 0.5) is 0 Å². The van der Waals surface area contributed by atoms with Crippen molar-refractivity contribution < 1.29 is 19.1 Å². The molecule has 1 aliphatic heterocycles. The molecule has 0 radical (unpaired) electrons. The van der Waals surface area contributed by atoms with E-state index in [2.05, 4.69) is 19.1 Å². The van der Waals surface area contributed by atoms with Gasteiger partial charge in [0.25, 0.3) is 0 Å². The third kappa shape index (κ3) is 3.01. The minimum absolute atomic E-state index is 0.294. The molecule has 1 N–H and O–H groups in total. The lowest BCUT2D eigenvalue weighted by atomic mass is 10.1. The second-order valence-electron chi connectivity index (χ2n) is 5.86. The number of quaternary nitrogens is 1. The van der Waals surface area contributed by atoms with Crippen LogP contribution in [-0.4, -0.2) is 27.0 Å². The molecule has 1 aromatic carbocycles. The van der Waals surface area contributed by atoms with Gasteiger partial charge in [0.1, 0.15) is 6.54 Å². The highest BCUT2D eigenvalue weighted by molar-refractivity contribution is 5.54. The van der Waals surface area contributed by atoms with Gasteiger partial charge in [0.05, 0.1) is 20.2 Å². The summed E-state index contributed by atoms with van der Waals surface area (Å²) in [6.45, 7) is 6.12. The van der Waals surface area contributed by atoms with Crippen LogP contribution in [0.25, 0.3) is 0 Å². The van der Waals surface area contributed by atoms with Gasteiger partial charge in [0, 0.05) is 11.5 Å². The van der Waals surface area contributed by atoms with Crippen LogP contribution in [0, 0.1) is 5.92 Å². The fourth-order valence-corrected chi connectivity index (χ4v) is 2.92. The molecule has 4 nitrogen and oxygen atoms in total. The summed E-state index contributed by atoms with van der Waals surface area (Å²) >= 11 is 0. The van der Waals surface area contributed by atoms with E-state index in [4.69, 9.17) is 14.2 Å². The standard InChI is InChI=1S/C16H23NO3/c1-3-6-17(9-12-4-5-12)10-13-7-14(18-2)16-15(8-13)19-11-20-16/h7-8,12H,3-6,9-11H2,1-2H3/p+1. The predicted molar refractivity (Wildman–Crippen MR) is 76.5 cm³/mol. The zero-order chi connectivity index (χ0) is 13.9. The molecule has 3 rings (SSSR count). The largest absolute Gasteiger partial charge is 0.493 e. The first-order valence-electron chi connectivity index (χ1n) is 7.60. The van der Waals surface area contributed by atoms with Gasteiger partial charge in [0.2, 0.25) is 12.5 Å². The van der Waals surface area contributed by atoms with Gasteiger partial charge in [-0.15, -0.1) is 0 Å². The zero-order valence-electron chi connectivity index (χ0n) is 12.4. The number of hydrogen-bond acceptors (Lipinski definition) is 3. The summed E-state index contributed by atoms with van der Waals surface area (Å²) in [6.07, 6.45) is 4.05. The van der Waals surface area contributed by atoms with Crippen LogP contribution in [0.3, 0.4) is 0 Å². The monoisotopic (exact) mass is 278 g/mol. The van der Waals surface area contributed by atoms with Gasteiger partial charge in [-0.1, -0.05) is 6.92 Å². The average Bonchev–Trinajstić information content (AvgIpc) is 3.13. The van der Waals surface area contributed by atoms with E-state index < -0.39 is 0 Å². The summed E-state index contributed by atoms with van der Waals surface area (Å²) in [4.78, 5) is 1.66. The van der Waals surface area contributed by atoms with E-state index in [1.807, 2.05) is 0 Å². The third-order valence-corrected chi connectivity index (χ3v) is 4.05. The molecule has 1 atom stereocenters. The molecule has 1 unspecified atom stereocenters. The second-order valence-corrected chi connectivity index (χ2v) is 5.86. The Morgan fingerprint density at radius 3 is 2.85 bits per heavy atom. The van der Waals surface area contributed by atoms with Crippen molar-refractivity contribution in [2.24, 2.45) is 5.92 Å². The van der Waals surface area contributed by atoms with Gasteiger partial charge < -0.3 is 19.1 Å². The number of benzene rings is 1. The first kappa shape index (κ1) is 13.6. The van der Waals surface area contributed by atoms with Crippen molar-refractivity contribution in [3.63, 3.8) is 0 Å². The van der Waals surface area contributed by atoms with Crippen molar-refractivity contribution in [3.8, 4) is 17.2 Å². The molecule has 1 fully saturated rings. The molecule has 1 heterocycles. The average molecular weight is 278 g/mol. The Kier molecular flexibility index (Phi) is 4.01. The van der Waals surface area contributed by atoms with Crippen LogP contribution in [0.5, 0.6) is 17.2 Å². The Bertz CT molecular complexity index is 471. The quantitative estimate of drug-likeness (QED) is 0.823. The molecule has 110 valence electrons. The number of ether oxygens (including phenoxy) is 3. The van der Waals surface area contributed by atoms with Crippen LogP contribution < -0.4 is 19.1 Å². The molecule has 1 aliphatic carbocycles. The van der Waals surface area contributed by atoms with Gasteiger partial charge >= 0.3 is 0 Å². The Morgan fingerprint density at radius 2 is 2.15 bits per heavy atom. The summed E-state index contributed by atoms with van der Waals surface area (Å²) in [5, 5.41) is 0. The zero-order valence-corrected chi connectivity index (χ0v) is 12.4. The first-order valence-corrected chi connectivity index (χ1v) is 7.60. The fourth-order valence-electron chi connectivity index (χ4n) is 2.92. The normalized spacial score (nSPS) is 18.1. The minimum atomic E-state index is 0.294. The number of rotatable bonds is 7. The lowest BCUT2D eigenvalue weighted by Crippen LogP contribution is -3.11. The lowest BCUT2D eigenvalue weighted by molar-refractivity contribution is -0.915. The summed E-state index contributed by atoms with van der Waals surface area (Å²) in [5.41, 5.74) is 1.27. The molecule has 0 amide bonds. The highest BCUT2D eigenvalue weighted by Gasteiger charge is 2.27. The van der Waals surface area contributed by atoms with E-state index in [-0.39, 0.29) is 0 Å². The molecule has 2 aliphatic rings. The van der Waals surface area contributed by atoms with Crippen molar-refractivity contribution in [2.75, 3.05) is 27.0 Å². The molecule has 0 spiro atoms. The van der Waals surface area contributed by atoms with E-state index in [1.165, 1.54) is 37.9 Å². The smallest absolute Gasteiger partial charge is 0.231 e. The van der Waals surface area contributed by atoms with Crippen LogP contribution in [0.15, 0.2) is 12.1 Å². The Balaban J connectivity index is 1.74. The van der Waals surface area contributed by atoms with Crippen molar-refractivity contribution in [2.45, 2.75) is 32.7 Å². The van der Waals surface area contributed by atoms with Gasteiger partial charge in [-0.2, -0.15) is 0 Å². The number of methoxy groups -OCH3 is 1. The van der Waals surface area contributed by atoms with Crippen LogP contribution in [0.2, 0.25) is 0 Å². The van der Waals surface area contributed by atoms with Crippen molar-refractivity contribution >= 4 is 0 Å². The molecular formula is C16H24NO3+. The molecule has 1 saturated carbocycles. The van der Waals surface area contributed by atoms with Crippen molar-refractivity contribution in [3.05, 3.63) is 17.7 Å². The SMILES string of the molecule is CCC[NH+](Cc1cc(OC)c2c(c1)OCO2)CC1CC1. The Morgan fingerprint density at radius 1 is 1.30 bits per heavy atom. The summed E-state index contributed by atoms with van der Waals surface area (Å²) in [6, 6.07) is 4.20. The van der Waals surface area contributed by atoms with E-state index in [0.717, 1.165) is 29.7 Å². The molecule has 20 heavy (non-hydrogen) atoms. The van der Waals surface area contributed by atoms with Crippen molar-refractivity contribution in [1.82, 2.24) is 0 Å². The minimum Gasteiger partial charge on any atom is -0.493 e. The maximum Gasteiger partial charge on any atom is 0.231 e. The molecule has 4 heteroatoms. The van der Waals surface area contributed by atoms with Crippen LogP contribution in [0.1, 0.15) is 31.7 Å². The first-order chi connectivity index (χ1) is 9.80. The summed E-state index contributed by atoms with van der Waals surface area (Å²) < 4.78 is 16.4. The van der Waals surface area contributed by atoms with Crippen LogP contribution in [-0.2, 0) is 6.54 Å². The number of fused-ring (bicyclic) bond motifs is 1. The van der Waals surface area contributed by atoms with Crippen molar-refractivity contribution in [1.29, 1.82) is 0 Å². The van der Waals surface area contributed by atoms with Gasteiger partial charge in [-0.3, -0.25) is 0 Å². The Labute approximate surface area is 120 Å².